The largest absolute Gasteiger partial charge is 0.497 e. The minimum Gasteiger partial charge on any atom is -0.497 e. The summed E-state index contributed by atoms with van der Waals surface area (Å²) in [5.74, 6) is 0.793. The molecule has 2 aliphatic heterocycles. The van der Waals surface area contributed by atoms with Crippen molar-refractivity contribution in [1.82, 2.24) is 9.63 Å². The molecule has 0 amide bonds. The number of aromatic nitrogens is 1. The Bertz CT molecular complexity index is 863. The molecule has 0 atom stereocenters. The summed E-state index contributed by atoms with van der Waals surface area (Å²) in [6, 6.07) is 5.75. The van der Waals surface area contributed by atoms with Gasteiger partial charge < -0.3 is 4.74 Å². The van der Waals surface area contributed by atoms with Crippen molar-refractivity contribution in [2.75, 3.05) is 13.7 Å². The number of nitrogens with zero attached hydrogens (tertiary/aromatic N) is 2. The van der Waals surface area contributed by atoms with E-state index in [9.17, 15) is 10.0 Å². The van der Waals surface area contributed by atoms with Crippen LogP contribution < -0.4 is 15.3 Å². The second-order valence-corrected chi connectivity index (χ2v) is 5.11. The monoisotopic (exact) mass is 270 g/mol. The molecule has 0 fully saturated rings. The molecule has 5 heteroatoms. The first-order valence-corrected chi connectivity index (χ1v) is 6.62. The van der Waals surface area contributed by atoms with Gasteiger partial charge in [0.15, 0.2) is 0 Å². The second-order valence-electron chi connectivity index (χ2n) is 5.11. The van der Waals surface area contributed by atoms with Crippen LogP contribution in [0.2, 0.25) is 0 Å². The zero-order valence-corrected chi connectivity index (χ0v) is 11.1. The van der Waals surface area contributed by atoms with Gasteiger partial charge in [-0.3, -0.25) is 19.6 Å². The normalized spacial score (nSPS) is 17.2. The van der Waals surface area contributed by atoms with Gasteiger partial charge in [-0.15, -0.1) is 0 Å². The SMILES string of the molecule is COc1ccc2c3c4n(c2c1)C(=O)CCC=4N(O)CC=3. The van der Waals surface area contributed by atoms with Crippen LogP contribution in [0.3, 0.4) is 0 Å². The molecule has 2 aliphatic rings. The van der Waals surface area contributed by atoms with E-state index in [1.165, 1.54) is 5.06 Å². The van der Waals surface area contributed by atoms with E-state index in [0.717, 1.165) is 32.9 Å². The minimum absolute atomic E-state index is 0.0666. The van der Waals surface area contributed by atoms with Crippen LogP contribution in [0.15, 0.2) is 18.2 Å². The fraction of sp³-hybridized carbons (Fsp3) is 0.267. The lowest BCUT2D eigenvalue weighted by molar-refractivity contribution is -0.0194. The number of hydrogen-bond acceptors (Lipinski definition) is 4. The van der Waals surface area contributed by atoms with Crippen molar-refractivity contribution in [2.24, 2.45) is 0 Å². The summed E-state index contributed by atoms with van der Waals surface area (Å²) in [5.41, 5.74) is 1.68. The summed E-state index contributed by atoms with van der Waals surface area (Å²) >= 11 is 0. The number of carbonyl (C=O) groups is 1. The third-order valence-electron chi connectivity index (χ3n) is 4.09. The van der Waals surface area contributed by atoms with Crippen molar-refractivity contribution in [1.29, 1.82) is 0 Å². The molecular weight excluding hydrogens is 256 g/mol. The first-order valence-electron chi connectivity index (χ1n) is 6.62. The molecule has 0 saturated heterocycles. The van der Waals surface area contributed by atoms with Gasteiger partial charge >= 0.3 is 0 Å². The van der Waals surface area contributed by atoms with E-state index >= 15 is 0 Å². The Kier molecular flexibility index (Phi) is 2.23. The summed E-state index contributed by atoms with van der Waals surface area (Å²) < 4.78 is 6.97. The topological polar surface area (TPSA) is 54.7 Å². The maximum atomic E-state index is 12.3. The molecule has 0 spiro atoms. The van der Waals surface area contributed by atoms with Gasteiger partial charge in [0.05, 0.1) is 30.2 Å². The number of carbonyl (C=O) groups excluding carboxylic acids is 1. The second kappa shape index (κ2) is 3.86. The van der Waals surface area contributed by atoms with Gasteiger partial charge in [-0.2, -0.15) is 0 Å². The maximum Gasteiger partial charge on any atom is 0.232 e. The predicted molar refractivity (Wildman–Crippen MR) is 74.0 cm³/mol. The third kappa shape index (κ3) is 1.33. The number of hydroxylamine groups is 2. The quantitative estimate of drug-likeness (QED) is 0.828. The molecule has 20 heavy (non-hydrogen) atoms. The molecule has 1 N–H and O–H groups in total. The molecule has 3 heterocycles. The van der Waals surface area contributed by atoms with Gasteiger partial charge in [0.2, 0.25) is 5.91 Å². The molecule has 2 aromatic rings. The lowest BCUT2D eigenvalue weighted by Gasteiger charge is -2.24. The van der Waals surface area contributed by atoms with Crippen molar-refractivity contribution >= 4 is 28.6 Å². The highest BCUT2D eigenvalue weighted by Crippen LogP contribution is 2.23. The van der Waals surface area contributed by atoms with E-state index in [1.54, 1.807) is 11.7 Å². The van der Waals surface area contributed by atoms with Gasteiger partial charge in [-0.1, -0.05) is 6.08 Å². The first kappa shape index (κ1) is 11.5. The average Bonchev–Trinajstić information content (AvgIpc) is 2.80. The standard InChI is InChI=1S/C15H14N2O3/c1-20-9-2-3-10-11-6-7-16(19)12-4-5-14(18)17(15(11)12)13(10)8-9/h2-3,6,8,19H,4-5,7H2,1H3. The van der Waals surface area contributed by atoms with Crippen LogP contribution in [0, 0.1) is 0 Å². The molecule has 0 aliphatic carbocycles. The number of rotatable bonds is 1. The van der Waals surface area contributed by atoms with Crippen molar-refractivity contribution in [3.63, 3.8) is 0 Å². The van der Waals surface area contributed by atoms with Crippen molar-refractivity contribution in [3.8, 4) is 5.75 Å². The lowest BCUT2D eigenvalue weighted by Crippen LogP contribution is -2.45. The molecule has 0 bridgehead atoms. The number of hydrogen-bond donors (Lipinski definition) is 1. The van der Waals surface area contributed by atoms with Crippen LogP contribution >= 0.6 is 0 Å². The van der Waals surface area contributed by atoms with Crippen LogP contribution in [0.5, 0.6) is 5.75 Å². The Morgan fingerprint density at radius 1 is 1.30 bits per heavy atom. The summed E-state index contributed by atoms with van der Waals surface area (Å²) in [4.78, 5) is 12.3. The Balaban J connectivity index is 2.26. The van der Waals surface area contributed by atoms with Crippen molar-refractivity contribution < 1.29 is 14.7 Å². The van der Waals surface area contributed by atoms with Crippen LogP contribution in [0.1, 0.15) is 17.6 Å². The van der Waals surface area contributed by atoms with Crippen molar-refractivity contribution in [2.45, 2.75) is 12.8 Å². The molecule has 1 aromatic carbocycles. The molecule has 4 rings (SSSR count). The predicted octanol–water partition coefficient (Wildman–Crippen LogP) is 0.677. The van der Waals surface area contributed by atoms with E-state index < -0.39 is 0 Å². The number of ether oxygens (including phenoxy) is 1. The zero-order chi connectivity index (χ0) is 13.9. The average molecular weight is 270 g/mol. The highest BCUT2D eigenvalue weighted by Gasteiger charge is 2.26. The van der Waals surface area contributed by atoms with Gasteiger partial charge in [-0.25, -0.2) is 0 Å². The Hall–Kier alpha value is -2.27. The van der Waals surface area contributed by atoms with E-state index in [1.807, 2.05) is 24.3 Å². The highest BCUT2D eigenvalue weighted by molar-refractivity contribution is 5.96. The van der Waals surface area contributed by atoms with Crippen LogP contribution in [0.4, 0.5) is 0 Å². The Labute approximate surface area is 114 Å². The van der Waals surface area contributed by atoms with Gasteiger partial charge in [0, 0.05) is 29.5 Å². The fourth-order valence-corrected chi connectivity index (χ4v) is 3.16. The molecule has 0 radical (unpaired) electrons. The van der Waals surface area contributed by atoms with Gasteiger partial charge in [-0.05, 0) is 12.1 Å². The third-order valence-corrected chi connectivity index (χ3v) is 4.09. The highest BCUT2D eigenvalue weighted by atomic mass is 16.5. The minimum atomic E-state index is 0.0666. The number of fused-ring (bicyclic) bond motifs is 3. The first-order chi connectivity index (χ1) is 9.70. The van der Waals surface area contributed by atoms with E-state index in [2.05, 4.69) is 0 Å². The Morgan fingerprint density at radius 3 is 2.95 bits per heavy atom. The van der Waals surface area contributed by atoms with Crippen molar-refractivity contribution in [3.05, 3.63) is 28.8 Å². The van der Waals surface area contributed by atoms with Crippen LogP contribution in [0.25, 0.3) is 22.7 Å². The van der Waals surface area contributed by atoms with Gasteiger partial charge in [0.1, 0.15) is 5.75 Å². The summed E-state index contributed by atoms with van der Waals surface area (Å²) in [6.07, 6.45) is 2.96. The van der Waals surface area contributed by atoms with E-state index in [0.29, 0.717) is 19.4 Å². The smallest absolute Gasteiger partial charge is 0.232 e. The van der Waals surface area contributed by atoms with Crippen LogP contribution in [-0.4, -0.2) is 34.4 Å². The maximum absolute atomic E-state index is 12.3. The number of benzene rings is 1. The molecule has 1 aromatic heterocycles. The summed E-state index contributed by atoms with van der Waals surface area (Å²) in [5, 5.41) is 14.1. The van der Waals surface area contributed by atoms with E-state index in [4.69, 9.17) is 4.74 Å². The molecule has 102 valence electrons. The fourth-order valence-electron chi connectivity index (χ4n) is 3.16. The molecule has 0 unspecified atom stereocenters. The van der Waals surface area contributed by atoms with Gasteiger partial charge in [0.25, 0.3) is 0 Å². The lowest BCUT2D eigenvalue weighted by atomic mass is 10.1. The molecule has 0 saturated carbocycles. The molecular formula is C15H14N2O3. The number of methoxy groups -OCH3 is 1. The van der Waals surface area contributed by atoms with E-state index in [-0.39, 0.29) is 5.91 Å². The zero-order valence-electron chi connectivity index (χ0n) is 11.1. The summed E-state index contributed by atoms with van der Waals surface area (Å²) in [7, 11) is 1.61. The molecule has 5 nitrogen and oxygen atoms in total. The van der Waals surface area contributed by atoms with Crippen LogP contribution in [-0.2, 0) is 0 Å². The Morgan fingerprint density at radius 2 is 2.15 bits per heavy atom. The summed E-state index contributed by atoms with van der Waals surface area (Å²) in [6.45, 7) is 0.460.